The first-order valence-electron chi connectivity index (χ1n) is 7.43. The van der Waals surface area contributed by atoms with Gasteiger partial charge in [0.2, 0.25) is 0 Å². The molecule has 104 valence electrons. The van der Waals surface area contributed by atoms with E-state index in [1.54, 1.807) is 0 Å². The van der Waals surface area contributed by atoms with Crippen LogP contribution in [0.3, 0.4) is 0 Å². The molecule has 0 bridgehead atoms. The fourth-order valence-electron chi connectivity index (χ4n) is 2.88. The van der Waals surface area contributed by atoms with E-state index in [4.69, 9.17) is 0 Å². The van der Waals surface area contributed by atoms with Crippen LogP contribution in [0.1, 0.15) is 25.7 Å². The third kappa shape index (κ3) is 3.02. The molecule has 0 heterocycles. The Hall–Kier alpha value is -1.80. The van der Waals surface area contributed by atoms with E-state index in [-0.39, 0.29) is 12.1 Å². The van der Waals surface area contributed by atoms with Crippen molar-refractivity contribution < 1.29 is 5.11 Å². The van der Waals surface area contributed by atoms with Gasteiger partial charge in [0.15, 0.2) is 0 Å². The maximum absolute atomic E-state index is 10.0. The Morgan fingerprint density at radius 2 is 1.45 bits per heavy atom. The molecule has 0 spiro atoms. The first-order chi connectivity index (χ1) is 9.83. The number of nitrogens with one attached hydrogen (secondary N) is 1. The minimum absolute atomic E-state index is 0.200. The van der Waals surface area contributed by atoms with Crippen LogP contribution in [-0.2, 0) is 0 Å². The van der Waals surface area contributed by atoms with Crippen molar-refractivity contribution in [2.24, 2.45) is 0 Å². The van der Waals surface area contributed by atoms with Crippen LogP contribution in [0.25, 0.3) is 11.1 Å². The van der Waals surface area contributed by atoms with Crippen molar-refractivity contribution in [2.75, 3.05) is 5.32 Å². The van der Waals surface area contributed by atoms with Crippen molar-refractivity contribution in [2.45, 2.75) is 37.8 Å². The molecule has 0 aliphatic heterocycles. The van der Waals surface area contributed by atoms with Crippen LogP contribution in [0.4, 0.5) is 5.69 Å². The predicted octanol–water partition coefficient (Wildman–Crippen LogP) is 4.07. The first-order valence-corrected chi connectivity index (χ1v) is 7.43. The minimum atomic E-state index is -0.211. The highest BCUT2D eigenvalue weighted by molar-refractivity contribution is 5.65. The SMILES string of the molecule is O[C@H]1CCCC[C@@H]1Nc1ccc(-c2ccccc2)cc1. The van der Waals surface area contributed by atoms with Gasteiger partial charge in [-0.3, -0.25) is 0 Å². The second kappa shape index (κ2) is 6.10. The second-order valence-corrected chi connectivity index (χ2v) is 5.55. The Morgan fingerprint density at radius 3 is 2.15 bits per heavy atom. The number of anilines is 1. The van der Waals surface area contributed by atoms with E-state index in [2.05, 4.69) is 53.8 Å². The molecule has 0 unspecified atom stereocenters. The summed E-state index contributed by atoms with van der Waals surface area (Å²) in [4.78, 5) is 0. The van der Waals surface area contributed by atoms with E-state index in [9.17, 15) is 5.11 Å². The molecular formula is C18H21NO. The summed E-state index contributed by atoms with van der Waals surface area (Å²) < 4.78 is 0. The Labute approximate surface area is 120 Å². The van der Waals surface area contributed by atoms with Crippen molar-refractivity contribution >= 4 is 5.69 Å². The lowest BCUT2D eigenvalue weighted by molar-refractivity contribution is 0.116. The molecule has 1 saturated carbocycles. The topological polar surface area (TPSA) is 32.3 Å². The lowest BCUT2D eigenvalue weighted by Gasteiger charge is -2.29. The van der Waals surface area contributed by atoms with Gasteiger partial charge < -0.3 is 10.4 Å². The van der Waals surface area contributed by atoms with Gasteiger partial charge in [-0.05, 0) is 36.1 Å². The Kier molecular flexibility index (Phi) is 4.03. The van der Waals surface area contributed by atoms with Crippen LogP contribution in [0, 0.1) is 0 Å². The van der Waals surface area contributed by atoms with E-state index >= 15 is 0 Å². The first kappa shape index (κ1) is 13.2. The molecule has 20 heavy (non-hydrogen) atoms. The molecule has 0 saturated heterocycles. The van der Waals surface area contributed by atoms with Gasteiger partial charge in [0.05, 0.1) is 12.1 Å². The zero-order valence-corrected chi connectivity index (χ0v) is 11.6. The number of aliphatic hydroxyl groups is 1. The smallest absolute Gasteiger partial charge is 0.0741 e. The molecule has 2 atom stereocenters. The van der Waals surface area contributed by atoms with Crippen LogP contribution >= 0.6 is 0 Å². The highest BCUT2D eigenvalue weighted by Crippen LogP contribution is 2.25. The average molecular weight is 267 g/mol. The predicted molar refractivity (Wildman–Crippen MR) is 83.8 cm³/mol. The lowest BCUT2D eigenvalue weighted by Crippen LogP contribution is -2.36. The highest BCUT2D eigenvalue weighted by atomic mass is 16.3. The molecular weight excluding hydrogens is 246 g/mol. The molecule has 1 aliphatic rings. The second-order valence-electron chi connectivity index (χ2n) is 5.55. The number of aliphatic hydroxyl groups excluding tert-OH is 1. The Morgan fingerprint density at radius 1 is 0.800 bits per heavy atom. The highest BCUT2D eigenvalue weighted by Gasteiger charge is 2.22. The van der Waals surface area contributed by atoms with Crippen LogP contribution in [0.2, 0.25) is 0 Å². The average Bonchev–Trinajstić information content (AvgIpc) is 2.51. The standard InChI is InChI=1S/C18H21NO/c20-18-9-5-4-8-17(18)19-16-12-10-15(11-13-16)14-6-2-1-3-7-14/h1-3,6-7,10-13,17-20H,4-5,8-9H2/t17-,18-/m0/s1. The van der Waals surface area contributed by atoms with Gasteiger partial charge in [0.25, 0.3) is 0 Å². The Balaban J connectivity index is 1.70. The van der Waals surface area contributed by atoms with Crippen LogP contribution < -0.4 is 5.32 Å². The molecule has 2 heteroatoms. The zero-order valence-electron chi connectivity index (χ0n) is 11.6. The van der Waals surface area contributed by atoms with Crippen molar-refractivity contribution in [3.05, 3.63) is 54.6 Å². The molecule has 2 aromatic rings. The van der Waals surface area contributed by atoms with Crippen LogP contribution in [-0.4, -0.2) is 17.3 Å². The molecule has 1 fully saturated rings. The number of benzene rings is 2. The van der Waals surface area contributed by atoms with Gasteiger partial charge >= 0.3 is 0 Å². The summed E-state index contributed by atoms with van der Waals surface area (Å²) in [5.41, 5.74) is 3.55. The third-order valence-corrected chi connectivity index (χ3v) is 4.07. The fourth-order valence-corrected chi connectivity index (χ4v) is 2.88. The summed E-state index contributed by atoms with van der Waals surface area (Å²) in [5, 5.41) is 13.5. The van der Waals surface area contributed by atoms with Crippen molar-refractivity contribution in [1.29, 1.82) is 0 Å². The maximum atomic E-state index is 10.0. The summed E-state index contributed by atoms with van der Waals surface area (Å²) in [5.74, 6) is 0. The summed E-state index contributed by atoms with van der Waals surface area (Å²) in [6.07, 6.45) is 4.11. The maximum Gasteiger partial charge on any atom is 0.0741 e. The van der Waals surface area contributed by atoms with Crippen molar-refractivity contribution in [3.63, 3.8) is 0 Å². The minimum Gasteiger partial charge on any atom is -0.391 e. The molecule has 3 rings (SSSR count). The summed E-state index contributed by atoms with van der Waals surface area (Å²) in [6, 6.07) is 19.0. The number of hydrogen-bond donors (Lipinski definition) is 2. The summed E-state index contributed by atoms with van der Waals surface area (Å²) in [6.45, 7) is 0. The van der Waals surface area contributed by atoms with Gasteiger partial charge in [-0.15, -0.1) is 0 Å². The van der Waals surface area contributed by atoms with E-state index in [1.165, 1.54) is 17.5 Å². The normalized spacial score (nSPS) is 22.4. The number of hydrogen-bond acceptors (Lipinski definition) is 2. The van der Waals surface area contributed by atoms with Crippen molar-refractivity contribution in [3.8, 4) is 11.1 Å². The molecule has 0 radical (unpaired) electrons. The van der Waals surface area contributed by atoms with E-state index in [0.29, 0.717) is 0 Å². The van der Waals surface area contributed by atoms with E-state index in [0.717, 1.165) is 24.9 Å². The molecule has 0 amide bonds. The molecule has 2 N–H and O–H groups in total. The number of rotatable bonds is 3. The van der Waals surface area contributed by atoms with Gasteiger partial charge in [0, 0.05) is 5.69 Å². The van der Waals surface area contributed by atoms with Crippen LogP contribution in [0.5, 0.6) is 0 Å². The summed E-state index contributed by atoms with van der Waals surface area (Å²) >= 11 is 0. The molecule has 2 nitrogen and oxygen atoms in total. The van der Waals surface area contributed by atoms with E-state index in [1.807, 2.05) is 6.07 Å². The lowest BCUT2D eigenvalue weighted by atomic mass is 9.92. The van der Waals surface area contributed by atoms with Crippen LogP contribution in [0.15, 0.2) is 54.6 Å². The molecule has 1 aliphatic carbocycles. The largest absolute Gasteiger partial charge is 0.391 e. The zero-order chi connectivity index (χ0) is 13.8. The van der Waals surface area contributed by atoms with E-state index < -0.39 is 0 Å². The molecule has 0 aromatic heterocycles. The third-order valence-electron chi connectivity index (χ3n) is 4.07. The summed E-state index contributed by atoms with van der Waals surface area (Å²) in [7, 11) is 0. The quantitative estimate of drug-likeness (QED) is 0.878. The van der Waals surface area contributed by atoms with Gasteiger partial charge in [-0.2, -0.15) is 0 Å². The van der Waals surface area contributed by atoms with Gasteiger partial charge in [-0.1, -0.05) is 55.3 Å². The van der Waals surface area contributed by atoms with Gasteiger partial charge in [0.1, 0.15) is 0 Å². The van der Waals surface area contributed by atoms with Gasteiger partial charge in [-0.25, -0.2) is 0 Å². The Bertz CT molecular complexity index is 535. The monoisotopic (exact) mass is 267 g/mol. The van der Waals surface area contributed by atoms with Crippen molar-refractivity contribution in [1.82, 2.24) is 0 Å². The fraction of sp³-hybridized carbons (Fsp3) is 0.333. The molecule has 2 aromatic carbocycles.